The van der Waals surface area contributed by atoms with Crippen molar-refractivity contribution in [2.75, 3.05) is 13.1 Å². The number of nitrogens with one attached hydrogen (secondary N) is 2. The minimum atomic E-state index is 0.554. The van der Waals surface area contributed by atoms with Gasteiger partial charge in [-0.2, -0.15) is 0 Å². The van der Waals surface area contributed by atoms with Gasteiger partial charge in [0, 0.05) is 43.5 Å². The van der Waals surface area contributed by atoms with Crippen molar-refractivity contribution in [1.82, 2.24) is 30.4 Å². The Hall–Kier alpha value is -1.96. The van der Waals surface area contributed by atoms with E-state index in [1.165, 1.54) is 24.1 Å². The molecule has 2 aromatic heterocycles. The van der Waals surface area contributed by atoms with Crippen molar-refractivity contribution in [1.29, 1.82) is 0 Å². The second-order valence-electron chi connectivity index (χ2n) is 6.23. The standard InChI is InChI=1S/C17H27N7S/c1-3-18-17(19-9-8-16-20-11-13(2)25-16)21-12-15-23-22-14-7-5-4-6-10-24(14)15/h11H,3-10,12H2,1-2H3,(H2,18,19,21). The van der Waals surface area contributed by atoms with E-state index < -0.39 is 0 Å². The van der Waals surface area contributed by atoms with Gasteiger partial charge in [-0.3, -0.25) is 0 Å². The van der Waals surface area contributed by atoms with Gasteiger partial charge in [0.1, 0.15) is 12.4 Å². The molecule has 1 aliphatic rings. The fourth-order valence-electron chi connectivity index (χ4n) is 2.96. The van der Waals surface area contributed by atoms with Crippen molar-refractivity contribution < 1.29 is 0 Å². The fourth-order valence-corrected chi connectivity index (χ4v) is 3.75. The van der Waals surface area contributed by atoms with E-state index in [0.717, 1.165) is 55.1 Å². The maximum atomic E-state index is 4.69. The highest BCUT2D eigenvalue weighted by atomic mass is 32.1. The van der Waals surface area contributed by atoms with Crippen LogP contribution in [0.3, 0.4) is 0 Å². The molecule has 0 atom stereocenters. The van der Waals surface area contributed by atoms with Gasteiger partial charge in [-0.25, -0.2) is 9.98 Å². The zero-order valence-corrected chi connectivity index (χ0v) is 15.9. The van der Waals surface area contributed by atoms with Crippen LogP contribution in [0.1, 0.15) is 47.7 Å². The van der Waals surface area contributed by atoms with Gasteiger partial charge in [-0.1, -0.05) is 6.42 Å². The number of aromatic nitrogens is 4. The zero-order chi connectivity index (χ0) is 17.5. The summed E-state index contributed by atoms with van der Waals surface area (Å²) < 4.78 is 2.25. The van der Waals surface area contributed by atoms with Crippen LogP contribution in [-0.2, 0) is 25.9 Å². The number of aryl methyl sites for hydroxylation is 2. The smallest absolute Gasteiger partial charge is 0.191 e. The molecule has 0 unspecified atom stereocenters. The molecule has 0 aromatic carbocycles. The summed E-state index contributed by atoms with van der Waals surface area (Å²) in [4.78, 5) is 10.3. The van der Waals surface area contributed by atoms with Gasteiger partial charge in [0.05, 0.1) is 5.01 Å². The van der Waals surface area contributed by atoms with Crippen LogP contribution in [-0.4, -0.2) is 38.8 Å². The van der Waals surface area contributed by atoms with Gasteiger partial charge >= 0.3 is 0 Å². The lowest BCUT2D eigenvalue weighted by Gasteiger charge is -2.11. The Kier molecular flexibility index (Phi) is 6.38. The molecular formula is C17H27N7S. The van der Waals surface area contributed by atoms with Gasteiger partial charge in [0.25, 0.3) is 0 Å². The summed E-state index contributed by atoms with van der Waals surface area (Å²) in [5.41, 5.74) is 0. The summed E-state index contributed by atoms with van der Waals surface area (Å²) >= 11 is 1.75. The van der Waals surface area contributed by atoms with E-state index in [-0.39, 0.29) is 0 Å². The lowest BCUT2D eigenvalue weighted by Crippen LogP contribution is -2.38. The molecule has 0 saturated carbocycles. The van der Waals surface area contributed by atoms with Crippen molar-refractivity contribution in [3.05, 3.63) is 27.7 Å². The van der Waals surface area contributed by atoms with E-state index >= 15 is 0 Å². The van der Waals surface area contributed by atoms with Gasteiger partial charge in [0.15, 0.2) is 11.8 Å². The Morgan fingerprint density at radius 1 is 1.28 bits per heavy atom. The zero-order valence-electron chi connectivity index (χ0n) is 15.1. The molecule has 0 radical (unpaired) electrons. The van der Waals surface area contributed by atoms with Crippen LogP contribution in [0.4, 0.5) is 0 Å². The first-order chi connectivity index (χ1) is 12.3. The maximum absolute atomic E-state index is 4.69. The molecule has 8 heteroatoms. The molecule has 7 nitrogen and oxygen atoms in total. The minimum Gasteiger partial charge on any atom is -0.357 e. The Morgan fingerprint density at radius 3 is 3.00 bits per heavy atom. The third-order valence-corrected chi connectivity index (χ3v) is 5.18. The number of nitrogens with zero attached hydrogens (tertiary/aromatic N) is 5. The monoisotopic (exact) mass is 361 g/mol. The van der Waals surface area contributed by atoms with Crippen molar-refractivity contribution in [2.24, 2.45) is 4.99 Å². The summed E-state index contributed by atoms with van der Waals surface area (Å²) in [6.45, 7) is 7.38. The van der Waals surface area contributed by atoms with Crippen LogP contribution >= 0.6 is 11.3 Å². The molecule has 0 fully saturated rings. The summed E-state index contributed by atoms with van der Waals surface area (Å²) in [7, 11) is 0. The molecule has 3 rings (SSSR count). The quantitative estimate of drug-likeness (QED) is 0.608. The van der Waals surface area contributed by atoms with Gasteiger partial charge in [-0.15, -0.1) is 21.5 Å². The van der Waals surface area contributed by atoms with E-state index in [4.69, 9.17) is 0 Å². The molecule has 1 aliphatic heterocycles. The van der Waals surface area contributed by atoms with E-state index in [1.54, 1.807) is 11.3 Å². The molecule has 136 valence electrons. The second kappa shape index (κ2) is 8.94. The SMILES string of the molecule is CCNC(=NCc1nnc2n1CCCCC2)NCCc1ncc(C)s1. The summed E-state index contributed by atoms with van der Waals surface area (Å²) in [5, 5.41) is 16.5. The molecule has 3 heterocycles. The highest BCUT2D eigenvalue weighted by molar-refractivity contribution is 7.11. The van der Waals surface area contributed by atoms with E-state index in [0.29, 0.717) is 6.54 Å². The predicted octanol–water partition coefficient (Wildman–Crippen LogP) is 2.07. The number of hydrogen-bond donors (Lipinski definition) is 2. The summed E-state index contributed by atoms with van der Waals surface area (Å²) in [5.74, 6) is 2.89. The number of guanidine groups is 1. The number of rotatable bonds is 6. The van der Waals surface area contributed by atoms with E-state index in [1.807, 2.05) is 6.20 Å². The van der Waals surface area contributed by atoms with E-state index in [2.05, 4.69) is 49.2 Å². The lowest BCUT2D eigenvalue weighted by atomic mass is 10.2. The van der Waals surface area contributed by atoms with Crippen molar-refractivity contribution in [3.63, 3.8) is 0 Å². The highest BCUT2D eigenvalue weighted by Crippen LogP contribution is 2.15. The van der Waals surface area contributed by atoms with E-state index in [9.17, 15) is 0 Å². The van der Waals surface area contributed by atoms with Crippen LogP contribution in [0.2, 0.25) is 0 Å². The number of hydrogen-bond acceptors (Lipinski definition) is 5. The van der Waals surface area contributed by atoms with Gasteiger partial charge < -0.3 is 15.2 Å². The predicted molar refractivity (Wildman–Crippen MR) is 101 cm³/mol. The van der Waals surface area contributed by atoms with Gasteiger partial charge in [0.2, 0.25) is 0 Å². The van der Waals surface area contributed by atoms with Crippen LogP contribution in [0.15, 0.2) is 11.2 Å². The molecule has 25 heavy (non-hydrogen) atoms. The Morgan fingerprint density at radius 2 is 2.20 bits per heavy atom. The highest BCUT2D eigenvalue weighted by Gasteiger charge is 2.14. The Labute approximate surface area is 153 Å². The third kappa shape index (κ3) is 5.01. The molecule has 0 spiro atoms. The van der Waals surface area contributed by atoms with Gasteiger partial charge in [-0.05, 0) is 26.7 Å². The molecule has 0 bridgehead atoms. The first kappa shape index (κ1) is 17.8. The van der Waals surface area contributed by atoms with Crippen molar-refractivity contribution in [2.45, 2.75) is 59.0 Å². The van der Waals surface area contributed by atoms with Crippen molar-refractivity contribution in [3.8, 4) is 0 Å². The molecule has 0 amide bonds. The number of thiazole rings is 1. The summed E-state index contributed by atoms with van der Waals surface area (Å²) in [6.07, 6.45) is 7.55. The van der Waals surface area contributed by atoms with Crippen molar-refractivity contribution >= 4 is 17.3 Å². The molecule has 2 N–H and O–H groups in total. The topological polar surface area (TPSA) is 80.0 Å². The molecule has 0 saturated heterocycles. The molecular weight excluding hydrogens is 334 g/mol. The minimum absolute atomic E-state index is 0.554. The second-order valence-corrected chi connectivity index (χ2v) is 7.55. The van der Waals surface area contributed by atoms with Crippen LogP contribution in [0.25, 0.3) is 0 Å². The largest absolute Gasteiger partial charge is 0.357 e. The van der Waals surface area contributed by atoms with Crippen LogP contribution in [0, 0.1) is 6.92 Å². The van der Waals surface area contributed by atoms with Crippen LogP contribution < -0.4 is 10.6 Å². The maximum Gasteiger partial charge on any atom is 0.191 e. The molecule has 0 aliphatic carbocycles. The summed E-state index contributed by atoms with van der Waals surface area (Å²) in [6, 6.07) is 0. The first-order valence-electron chi connectivity index (χ1n) is 9.10. The first-order valence-corrected chi connectivity index (χ1v) is 9.92. The average molecular weight is 362 g/mol. The normalized spacial score (nSPS) is 14.9. The van der Waals surface area contributed by atoms with Crippen LogP contribution in [0.5, 0.6) is 0 Å². The number of aliphatic imine (C=N–C) groups is 1. The fraction of sp³-hybridized carbons (Fsp3) is 0.647. The Bertz CT molecular complexity index is 704. The Balaban J connectivity index is 1.57. The average Bonchev–Trinajstić information content (AvgIpc) is 3.11. The molecule has 2 aromatic rings. The third-order valence-electron chi connectivity index (χ3n) is 4.21. The number of fused-ring (bicyclic) bond motifs is 1. The lowest BCUT2D eigenvalue weighted by molar-refractivity contribution is 0.605.